The van der Waals surface area contributed by atoms with Crippen LogP contribution in [0.15, 0.2) is 0 Å². The van der Waals surface area contributed by atoms with Crippen LogP contribution in [-0.4, -0.2) is 36.5 Å². The zero-order chi connectivity index (χ0) is 7.61. The highest BCUT2D eigenvalue weighted by molar-refractivity contribution is 5.64. The molecule has 1 aliphatic rings. The fraction of sp³-hybridized carbons (Fsp3) is 0.800. The van der Waals surface area contributed by atoms with E-state index in [0.717, 1.165) is 0 Å². The third-order valence-corrected chi connectivity index (χ3v) is 1.37. The molecule has 1 aliphatic heterocycles. The molecule has 0 saturated carbocycles. The highest BCUT2D eigenvalue weighted by Crippen LogP contribution is 2.10. The van der Waals surface area contributed by atoms with Gasteiger partial charge in [-0.3, -0.25) is 0 Å². The lowest BCUT2D eigenvalue weighted by Gasteiger charge is -2.37. The van der Waals surface area contributed by atoms with Gasteiger partial charge in [-0.15, -0.1) is 0 Å². The summed E-state index contributed by atoms with van der Waals surface area (Å²) in [5.41, 5.74) is 5.14. The quantitative estimate of drug-likeness (QED) is 0.465. The summed E-state index contributed by atoms with van der Waals surface area (Å²) in [4.78, 5) is 9.98. The molecule has 0 aromatic carbocycles. The van der Waals surface area contributed by atoms with E-state index in [1.54, 1.807) is 0 Å². The Kier molecular flexibility index (Phi) is 1.78. The molecule has 0 atom stereocenters. The molecule has 5 nitrogen and oxygen atoms in total. The maximum absolute atomic E-state index is 9.98. The first kappa shape index (κ1) is 7.30. The van der Waals surface area contributed by atoms with Crippen molar-refractivity contribution in [2.45, 2.75) is 5.54 Å². The van der Waals surface area contributed by atoms with Crippen molar-refractivity contribution < 1.29 is 14.6 Å². The van der Waals surface area contributed by atoms with Crippen LogP contribution in [-0.2, 0) is 4.74 Å². The van der Waals surface area contributed by atoms with Gasteiger partial charge in [-0.05, 0) is 0 Å². The van der Waals surface area contributed by atoms with E-state index < -0.39 is 11.6 Å². The molecule has 0 unspecified atom stereocenters. The molecule has 10 heavy (non-hydrogen) atoms. The first-order valence-electron chi connectivity index (χ1n) is 2.96. The molecule has 1 heterocycles. The first-order valence-corrected chi connectivity index (χ1v) is 2.96. The highest BCUT2D eigenvalue weighted by Gasteiger charge is 2.34. The molecule has 0 aromatic heterocycles. The van der Waals surface area contributed by atoms with E-state index in [2.05, 4.69) is 5.32 Å². The van der Waals surface area contributed by atoms with Crippen molar-refractivity contribution in [1.29, 1.82) is 0 Å². The van der Waals surface area contributed by atoms with E-state index in [9.17, 15) is 4.79 Å². The molecular weight excluding hydrogens is 136 g/mol. The van der Waals surface area contributed by atoms with Crippen molar-refractivity contribution >= 4 is 6.09 Å². The van der Waals surface area contributed by atoms with Crippen LogP contribution in [0.1, 0.15) is 0 Å². The Morgan fingerprint density at radius 3 is 2.70 bits per heavy atom. The summed E-state index contributed by atoms with van der Waals surface area (Å²) in [6.45, 7) is 1.14. The molecule has 1 fully saturated rings. The number of carbonyl (C=O) groups is 1. The molecule has 0 radical (unpaired) electrons. The molecule has 5 heteroatoms. The molecule has 1 amide bonds. The van der Waals surface area contributed by atoms with Gasteiger partial charge in [0.25, 0.3) is 0 Å². The van der Waals surface area contributed by atoms with Gasteiger partial charge in [-0.2, -0.15) is 0 Å². The zero-order valence-corrected chi connectivity index (χ0v) is 5.46. The van der Waals surface area contributed by atoms with Crippen LogP contribution in [0.25, 0.3) is 0 Å². The SMILES string of the molecule is NC1(CNC(=O)O)COC1. The Labute approximate surface area is 58.2 Å². The molecule has 0 spiro atoms. The Balaban J connectivity index is 2.18. The first-order chi connectivity index (χ1) is 4.62. The van der Waals surface area contributed by atoms with E-state index in [-0.39, 0.29) is 6.54 Å². The van der Waals surface area contributed by atoms with Gasteiger partial charge in [0.15, 0.2) is 0 Å². The molecule has 4 N–H and O–H groups in total. The van der Waals surface area contributed by atoms with Crippen LogP contribution in [0.2, 0.25) is 0 Å². The Morgan fingerprint density at radius 2 is 2.40 bits per heavy atom. The number of hydrogen-bond donors (Lipinski definition) is 3. The Morgan fingerprint density at radius 1 is 1.80 bits per heavy atom. The summed E-state index contributed by atoms with van der Waals surface area (Å²) in [6, 6.07) is 0. The van der Waals surface area contributed by atoms with Gasteiger partial charge in [0.1, 0.15) is 0 Å². The summed E-state index contributed by atoms with van der Waals surface area (Å²) in [7, 11) is 0. The minimum atomic E-state index is -1.04. The zero-order valence-electron chi connectivity index (χ0n) is 5.46. The number of amides is 1. The van der Waals surface area contributed by atoms with Gasteiger partial charge in [-0.25, -0.2) is 4.79 Å². The lowest BCUT2D eigenvalue weighted by atomic mass is 10.00. The second-order valence-electron chi connectivity index (χ2n) is 2.51. The van der Waals surface area contributed by atoms with Crippen LogP contribution >= 0.6 is 0 Å². The minimum absolute atomic E-state index is 0.266. The normalized spacial score (nSPS) is 21.3. The molecule has 0 aliphatic carbocycles. The molecule has 1 saturated heterocycles. The van der Waals surface area contributed by atoms with Crippen LogP contribution in [0, 0.1) is 0 Å². The van der Waals surface area contributed by atoms with Crippen molar-refractivity contribution in [1.82, 2.24) is 5.32 Å². The van der Waals surface area contributed by atoms with Crippen LogP contribution in [0.4, 0.5) is 4.79 Å². The summed E-state index contributed by atoms with van der Waals surface area (Å²) in [5.74, 6) is 0. The third kappa shape index (κ3) is 1.58. The van der Waals surface area contributed by atoms with E-state index in [4.69, 9.17) is 15.6 Å². The molecule has 0 aromatic rings. The fourth-order valence-electron chi connectivity index (χ4n) is 0.718. The summed E-state index contributed by atoms with van der Waals surface area (Å²) < 4.78 is 4.81. The third-order valence-electron chi connectivity index (χ3n) is 1.37. The monoisotopic (exact) mass is 146 g/mol. The van der Waals surface area contributed by atoms with E-state index in [1.807, 2.05) is 0 Å². The number of nitrogens with one attached hydrogen (secondary N) is 1. The Bertz CT molecular complexity index is 144. The predicted molar refractivity (Wildman–Crippen MR) is 33.8 cm³/mol. The number of hydrogen-bond acceptors (Lipinski definition) is 3. The molecule has 0 bridgehead atoms. The van der Waals surface area contributed by atoms with Crippen molar-refractivity contribution in [2.75, 3.05) is 19.8 Å². The van der Waals surface area contributed by atoms with Gasteiger partial charge < -0.3 is 20.9 Å². The van der Waals surface area contributed by atoms with Crippen LogP contribution in [0.3, 0.4) is 0 Å². The van der Waals surface area contributed by atoms with Gasteiger partial charge in [0.2, 0.25) is 0 Å². The average Bonchev–Trinajstić information content (AvgIpc) is 1.79. The van der Waals surface area contributed by atoms with Crippen LogP contribution in [0.5, 0.6) is 0 Å². The van der Waals surface area contributed by atoms with E-state index in [0.29, 0.717) is 13.2 Å². The Hall–Kier alpha value is -0.810. The second-order valence-corrected chi connectivity index (χ2v) is 2.51. The van der Waals surface area contributed by atoms with Gasteiger partial charge in [0, 0.05) is 6.54 Å². The standard InChI is InChI=1S/C5H10N2O3/c6-5(2-10-3-5)1-7-4(8)9/h7H,1-3,6H2,(H,8,9). The fourth-order valence-corrected chi connectivity index (χ4v) is 0.718. The van der Waals surface area contributed by atoms with Gasteiger partial charge in [-0.1, -0.05) is 0 Å². The van der Waals surface area contributed by atoms with E-state index in [1.165, 1.54) is 0 Å². The smallest absolute Gasteiger partial charge is 0.404 e. The van der Waals surface area contributed by atoms with Crippen LogP contribution < -0.4 is 11.1 Å². The van der Waals surface area contributed by atoms with Crippen molar-refractivity contribution in [3.05, 3.63) is 0 Å². The molecule has 58 valence electrons. The number of carboxylic acid groups (broad SMARTS) is 1. The topological polar surface area (TPSA) is 84.6 Å². The highest BCUT2D eigenvalue weighted by atomic mass is 16.5. The molecular formula is C5H10N2O3. The second kappa shape index (κ2) is 2.43. The number of nitrogens with two attached hydrogens (primary N) is 1. The van der Waals surface area contributed by atoms with E-state index >= 15 is 0 Å². The summed E-state index contributed by atoms with van der Waals surface area (Å²) in [6.07, 6.45) is -1.04. The number of ether oxygens (including phenoxy) is 1. The average molecular weight is 146 g/mol. The lowest BCUT2D eigenvalue weighted by Crippen LogP contribution is -2.63. The number of rotatable bonds is 2. The van der Waals surface area contributed by atoms with Crippen molar-refractivity contribution in [3.8, 4) is 0 Å². The largest absolute Gasteiger partial charge is 0.465 e. The minimum Gasteiger partial charge on any atom is -0.465 e. The van der Waals surface area contributed by atoms with Crippen molar-refractivity contribution in [2.24, 2.45) is 5.73 Å². The summed E-state index contributed by atoms with van der Waals surface area (Å²) >= 11 is 0. The van der Waals surface area contributed by atoms with Gasteiger partial charge in [0.05, 0.1) is 18.8 Å². The predicted octanol–water partition coefficient (Wildman–Crippen LogP) is -1.02. The maximum Gasteiger partial charge on any atom is 0.404 e. The van der Waals surface area contributed by atoms with Gasteiger partial charge >= 0.3 is 6.09 Å². The summed E-state index contributed by atoms with van der Waals surface area (Å²) in [5, 5.41) is 10.4. The lowest BCUT2D eigenvalue weighted by molar-refractivity contribution is -0.0513. The maximum atomic E-state index is 9.98. The van der Waals surface area contributed by atoms with Crippen molar-refractivity contribution in [3.63, 3.8) is 0 Å². The molecule has 1 rings (SSSR count).